The largest absolute Gasteiger partial charge is 0.390 e. The quantitative estimate of drug-likeness (QED) is 0.735. The van der Waals surface area contributed by atoms with E-state index in [0.29, 0.717) is 0 Å². The van der Waals surface area contributed by atoms with Gasteiger partial charge in [0.2, 0.25) is 3.12 Å². The maximum atomic E-state index is 10.8. The molecule has 0 aliphatic carbocycles. The van der Waals surface area contributed by atoms with Gasteiger partial charge < -0.3 is 5.11 Å². The van der Waals surface area contributed by atoms with E-state index in [2.05, 4.69) is 15.9 Å². The molecular formula is C4H8BrClO3S. The summed E-state index contributed by atoms with van der Waals surface area (Å²) in [6.45, 7) is 1.29. The first-order valence-corrected chi connectivity index (χ1v) is 5.51. The zero-order valence-corrected chi connectivity index (χ0v) is 8.66. The van der Waals surface area contributed by atoms with Crippen molar-refractivity contribution in [2.75, 3.05) is 6.26 Å². The van der Waals surface area contributed by atoms with Crippen molar-refractivity contribution in [3.8, 4) is 0 Å². The molecule has 0 rings (SSSR count). The van der Waals surface area contributed by atoms with Gasteiger partial charge in [-0.25, -0.2) is 8.42 Å². The van der Waals surface area contributed by atoms with Gasteiger partial charge >= 0.3 is 0 Å². The summed E-state index contributed by atoms with van der Waals surface area (Å²) in [7, 11) is -3.47. The van der Waals surface area contributed by atoms with E-state index in [0.717, 1.165) is 6.26 Å². The molecule has 0 spiro atoms. The molecule has 0 aliphatic rings. The average molecular weight is 252 g/mol. The fourth-order valence-corrected chi connectivity index (χ4v) is 0.929. The topological polar surface area (TPSA) is 54.4 Å². The second-order valence-corrected chi connectivity index (χ2v) is 7.25. The lowest BCUT2D eigenvalue weighted by Gasteiger charge is -2.20. The fraction of sp³-hybridized carbons (Fsp3) is 1.00. The first-order chi connectivity index (χ1) is 4.19. The first-order valence-electron chi connectivity index (χ1n) is 2.45. The number of halogens is 2. The predicted octanol–water partition coefficient (Wildman–Crippen LogP) is 0.699. The third kappa shape index (κ3) is 2.08. The first kappa shape index (κ1) is 10.7. The summed E-state index contributed by atoms with van der Waals surface area (Å²) in [4.78, 5) is 0. The highest BCUT2D eigenvalue weighted by Gasteiger charge is 2.40. The highest BCUT2D eigenvalue weighted by Crippen LogP contribution is 2.33. The van der Waals surface area contributed by atoms with Gasteiger partial charge in [-0.05, 0) is 22.9 Å². The minimum atomic E-state index is -3.47. The van der Waals surface area contributed by atoms with Gasteiger partial charge in [-0.15, -0.1) is 0 Å². The third-order valence-corrected chi connectivity index (χ3v) is 5.89. The Kier molecular flexibility index (Phi) is 3.17. The highest BCUT2D eigenvalue weighted by molar-refractivity contribution is 9.12. The second-order valence-electron chi connectivity index (χ2n) is 2.01. The molecule has 0 aliphatic heterocycles. The number of alkyl halides is 2. The van der Waals surface area contributed by atoms with E-state index in [1.807, 2.05) is 0 Å². The molecule has 0 heterocycles. The molecule has 1 N–H and O–H groups in total. The fourth-order valence-electron chi connectivity index (χ4n) is 0.310. The van der Waals surface area contributed by atoms with Gasteiger partial charge in [0, 0.05) is 6.26 Å². The summed E-state index contributed by atoms with van der Waals surface area (Å²) in [6.07, 6.45) is -0.203. The van der Waals surface area contributed by atoms with Crippen LogP contribution in [-0.2, 0) is 9.84 Å². The smallest absolute Gasteiger partial charge is 0.224 e. The van der Waals surface area contributed by atoms with Crippen LogP contribution in [0.5, 0.6) is 0 Å². The van der Waals surface area contributed by atoms with Crippen molar-refractivity contribution in [1.82, 2.24) is 0 Å². The van der Waals surface area contributed by atoms with Crippen molar-refractivity contribution in [2.24, 2.45) is 0 Å². The van der Waals surface area contributed by atoms with Crippen molar-refractivity contribution in [3.63, 3.8) is 0 Å². The van der Waals surface area contributed by atoms with Crippen LogP contribution < -0.4 is 0 Å². The van der Waals surface area contributed by atoms with Crippen LogP contribution in [0.3, 0.4) is 0 Å². The molecule has 0 fully saturated rings. The Morgan fingerprint density at radius 1 is 1.70 bits per heavy atom. The van der Waals surface area contributed by atoms with E-state index < -0.39 is 19.1 Å². The molecule has 2 unspecified atom stereocenters. The number of rotatable bonds is 2. The highest BCUT2D eigenvalue weighted by atomic mass is 79.9. The average Bonchev–Trinajstić information content (AvgIpc) is 1.62. The van der Waals surface area contributed by atoms with Gasteiger partial charge in [-0.1, -0.05) is 11.6 Å². The summed E-state index contributed by atoms with van der Waals surface area (Å²) < 4.78 is 19.8. The molecular weight excluding hydrogens is 243 g/mol. The second kappa shape index (κ2) is 2.97. The molecule has 3 nitrogen and oxygen atoms in total. The van der Waals surface area contributed by atoms with Crippen LogP contribution in [0, 0.1) is 0 Å². The van der Waals surface area contributed by atoms with E-state index in [-0.39, 0.29) is 0 Å². The Bertz CT molecular complexity index is 209. The molecule has 0 amide bonds. The maximum Gasteiger partial charge on any atom is 0.224 e. The van der Waals surface area contributed by atoms with Crippen LogP contribution in [0.2, 0.25) is 0 Å². The number of aliphatic hydroxyl groups excluding tert-OH is 1. The van der Waals surface area contributed by atoms with Crippen molar-refractivity contribution in [2.45, 2.75) is 16.1 Å². The molecule has 0 saturated carbocycles. The van der Waals surface area contributed by atoms with E-state index in [1.165, 1.54) is 6.92 Å². The van der Waals surface area contributed by atoms with E-state index in [4.69, 9.17) is 16.7 Å². The Morgan fingerprint density at radius 3 is 2.00 bits per heavy atom. The minimum absolute atomic E-state index is 0.946. The lowest BCUT2D eigenvalue weighted by Crippen LogP contribution is -2.35. The van der Waals surface area contributed by atoms with Crippen LogP contribution >= 0.6 is 27.5 Å². The van der Waals surface area contributed by atoms with Crippen molar-refractivity contribution < 1.29 is 13.5 Å². The molecule has 6 heteroatoms. The standard InChI is InChI=1S/C4H8BrClO3S/c1-3(7)4(5,6)10(2,8)9/h3,7H,1-2H3. The van der Waals surface area contributed by atoms with Crippen LogP contribution in [0.1, 0.15) is 6.92 Å². The van der Waals surface area contributed by atoms with Crippen LogP contribution in [0.15, 0.2) is 0 Å². The monoisotopic (exact) mass is 250 g/mol. The summed E-state index contributed by atoms with van der Waals surface area (Å²) in [5, 5.41) is 8.86. The van der Waals surface area contributed by atoms with E-state index in [9.17, 15) is 8.42 Å². The van der Waals surface area contributed by atoms with E-state index in [1.54, 1.807) is 0 Å². The number of aliphatic hydroxyl groups is 1. The van der Waals surface area contributed by atoms with Gasteiger partial charge in [0.05, 0.1) is 6.10 Å². The Labute approximate surface area is 73.4 Å². The summed E-state index contributed by atoms with van der Waals surface area (Å²) in [5.41, 5.74) is 0. The summed E-state index contributed by atoms with van der Waals surface area (Å²) >= 11 is 8.12. The summed E-state index contributed by atoms with van der Waals surface area (Å²) in [5.74, 6) is 0. The van der Waals surface area contributed by atoms with Crippen LogP contribution in [0.4, 0.5) is 0 Å². The molecule has 62 valence electrons. The Hall–Kier alpha value is 0.680. The number of hydrogen-bond acceptors (Lipinski definition) is 3. The van der Waals surface area contributed by atoms with Gasteiger partial charge in [0.25, 0.3) is 0 Å². The molecule has 0 aromatic rings. The molecule has 0 aromatic heterocycles. The molecule has 2 atom stereocenters. The van der Waals surface area contributed by atoms with E-state index >= 15 is 0 Å². The van der Waals surface area contributed by atoms with Crippen molar-refractivity contribution in [1.29, 1.82) is 0 Å². The zero-order valence-electron chi connectivity index (χ0n) is 5.51. The number of sulfone groups is 1. The Balaban J connectivity index is 4.76. The maximum absolute atomic E-state index is 10.8. The third-order valence-electron chi connectivity index (χ3n) is 0.981. The molecule has 0 saturated heterocycles. The van der Waals surface area contributed by atoms with Crippen LogP contribution in [0.25, 0.3) is 0 Å². The minimum Gasteiger partial charge on any atom is -0.390 e. The Morgan fingerprint density at radius 2 is 2.00 bits per heavy atom. The molecule has 0 bridgehead atoms. The predicted molar refractivity (Wildman–Crippen MR) is 44.0 cm³/mol. The number of hydrogen-bond donors (Lipinski definition) is 1. The SMILES string of the molecule is CC(O)C(Cl)(Br)S(C)(=O)=O. The molecule has 10 heavy (non-hydrogen) atoms. The van der Waals surface area contributed by atoms with Crippen molar-refractivity contribution in [3.05, 3.63) is 0 Å². The van der Waals surface area contributed by atoms with Gasteiger partial charge in [-0.2, -0.15) is 0 Å². The lowest BCUT2D eigenvalue weighted by molar-refractivity contribution is 0.202. The van der Waals surface area contributed by atoms with Crippen LogP contribution in [-0.4, -0.2) is 29.0 Å². The zero-order chi connectivity index (χ0) is 8.58. The van der Waals surface area contributed by atoms with Gasteiger partial charge in [0.1, 0.15) is 0 Å². The van der Waals surface area contributed by atoms with Gasteiger partial charge in [-0.3, -0.25) is 0 Å². The molecule has 0 aromatic carbocycles. The summed E-state index contributed by atoms with van der Waals surface area (Å²) in [6, 6.07) is 0. The molecule has 0 radical (unpaired) electrons. The van der Waals surface area contributed by atoms with Crippen molar-refractivity contribution >= 4 is 37.4 Å². The van der Waals surface area contributed by atoms with Gasteiger partial charge in [0.15, 0.2) is 9.84 Å². The lowest BCUT2D eigenvalue weighted by atomic mass is 10.5. The normalized spacial score (nSPS) is 21.7.